The first-order valence-corrected chi connectivity index (χ1v) is 7.15. The third-order valence-corrected chi connectivity index (χ3v) is 4.14. The molecule has 0 bridgehead atoms. The Balaban J connectivity index is 2.35. The van der Waals surface area contributed by atoms with Gasteiger partial charge in [0.2, 0.25) is 0 Å². The number of thioether (sulfide) groups is 1. The predicted octanol–water partition coefficient (Wildman–Crippen LogP) is 3.19. The first kappa shape index (κ1) is 15.2. The van der Waals surface area contributed by atoms with Crippen LogP contribution >= 0.6 is 11.8 Å². The van der Waals surface area contributed by atoms with Crippen molar-refractivity contribution in [1.82, 2.24) is 4.98 Å². The minimum absolute atomic E-state index is 0.00214. The van der Waals surface area contributed by atoms with Gasteiger partial charge in [-0.1, -0.05) is 6.92 Å². The number of carbonyl (C=O) groups excluding carboxylic acids is 1. The SMILES string of the molecule is COC(=O)CC(C)Sc1ccc([N+](=O)[O-])c2ccncc12. The van der Waals surface area contributed by atoms with E-state index in [9.17, 15) is 14.9 Å². The standard InChI is InChI=1S/C14H14N2O4S/c1-9(7-14(17)20-2)21-13-4-3-12(16(18)19)10-5-6-15-8-11(10)13/h3-6,8-9H,7H2,1-2H3. The molecule has 1 unspecified atom stereocenters. The largest absolute Gasteiger partial charge is 0.469 e. The van der Waals surface area contributed by atoms with Gasteiger partial charge in [0.25, 0.3) is 5.69 Å². The molecule has 0 radical (unpaired) electrons. The molecule has 1 heterocycles. The molecule has 21 heavy (non-hydrogen) atoms. The van der Waals surface area contributed by atoms with E-state index < -0.39 is 4.92 Å². The number of non-ortho nitro benzene ring substituents is 1. The van der Waals surface area contributed by atoms with Gasteiger partial charge in [-0.15, -0.1) is 11.8 Å². The van der Waals surface area contributed by atoms with Crippen molar-refractivity contribution in [3.63, 3.8) is 0 Å². The van der Waals surface area contributed by atoms with E-state index in [1.54, 1.807) is 18.3 Å². The number of methoxy groups -OCH3 is 1. The summed E-state index contributed by atoms with van der Waals surface area (Å²) >= 11 is 1.47. The minimum atomic E-state index is -0.408. The Bertz CT molecular complexity index is 690. The molecule has 0 amide bonds. The van der Waals surface area contributed by atoms with E-state index in [1.807, 2.05) is 6.92 Å². The van der Waals surface area contributed by atoms with Crippen molar-refractivity contribution in [3.05, 3.63) is 40.7 Å². The van der Waals surface area contributed by atoms with Crippen LogP contribution in [-0.4, -0.2) is 28.2 Å². The van der Waals surface area contributed by atoms with Crippen molar-refractivity contribution in [1.29, 1.82) is 0 Å². The summed E-state index contributed by atoms with van der Waals surface area (Å²) in [7, 11) is 1.35. The number of nitro benzene ring substituents is 1. The molecule has 0 saturated carbocycles. The lowest BCUT2D eigenvalue weighted by atomic mass is 10.1. The number of benzene rings is 1. The highest BCUT2D eigenvalue weighted by atomic mass is 32.2. The van der Waals surface area contributed by atoms with Gasteiger partial charge in [-0.05, 0) is 12.1 Å². The van der Waals surface area contributed by atoms with Gasteiger partial charge in [0.1, 0.15) is 0 Å². The summed E-state index contributed by atoms with van der Waals surface area (Å²) in [5.74, 6) is -0.278. The summed E-state index contributed by atoms with van der Waals surface area (Å²) in [6.07, 6.45) is 3.41. The first-order valence-electron chi connectivity index (χ1n) is 6.27. The fourth-order valence-corrected chi connectivity index (χ4v) is 3.08. The molecule has 110 valence electrons. The van der Waals surface area contributed by atoms with Crippen LogP contribution in [0.4, 0.5) is 5.69 Å². The van der Waals surface area contributed by atoms with Crippen LogP contribution in [0.1, 0.15) is 13.3 Å². The number of rotatable bonds is 5. The van der Waals surface area contributed by atoms with Gasteiger partial charge in [-0.3, -0.25) is 19.9 Å². The number of esters is 1. The van der Waals surface area contributed by atoms with Crippen LogP contribution in [0.3, 0.4) is 0 Å². The summed E-state index contributed by atoms with van der Waals surface area (Å²) in [6.45, 7) is 1.91. The van der Waals surface area contributed by atoms with Crippen LogP contribution < -0.4 is 0 Å². The zero-order valence-corrected chi connectivity index (χ0v) is 12.4. The molecule has 6 nitrogen and oxygen atoms in total. The third kappa shape index (κ3) is 3.49. The Morgan fingerprint density at radius 2 is 2.19 bits per heavy atom. The monoisotopic (exact) mass is 306 g/mol. The average Bonchev–Trinajstić information content (AvgIpc) is 2.47. The summed E-state index contributed by atoms with van der Waals surface area (Å²) in [5.41, 5.74) is 0.0531. The molecular weight excluding hydrogens is 292 g/mol. The van der Waals surface area contributed by atoms with Gasteiger partial charge in [0, 0.05) is 34.0 Å². The fraction of sp³-hybridized carbons (Fsp3) is 0.286. The number of nitro groups is 1. The Morgan fingerprint density at radius 1 is 1.43 bits per heavy atom. The molecular formula is C14H14N2O4S. The van der Waals surface area contributed by atoms with Crippen molar-refractivity contribution < 1.29 is 14.5 Å². The average molecular weight is 306 g/mol. The van der Waals surface area contributed by atoms with Crippen molar-refractivity contribution in [2.24, 2.45) is 0 Å². The number of hydrogen-bond acceptors (Lipinski definition) is 6. The molecule has 0 aliphatic heterocycles. The third-order valence-electron chi connectivity index (χ3n) is 2.96. The van der Waals surface area contributed by atoms with Crippen LogP contribution in [-0.2, 0) is 9.53 Å². The van der Waals surface area contributed by atoms with E-state index in [-0.39, 0.29) is 23.3 Å². The lowest BCUT2D eigenvalue weighted by Crippen LogP contribution is -2.08. The zero-order chi connectivity index (χ0) is 15.4. The van der Waals surface area contributed by atoms with Gasteiger partial charge in [-0.2, -0.15) is 0 Å². The summed E-state index contributed by atoms with van der Waals surface area (Å²) in [5, 5.41) is 12.3. The minimum Gasteiger partial charge on any atom is -0.469 e. The second-order valence-electron chi connectivity index (χ2n) is 4.47. The topological polar surface area (TPSA) is 82.3 Å². The number of pyridine rings is 1. The van der Waals surface area contributed by atoms with Gasteiger partial charge in [0.15, 0.2) is 0 Å². The van der Waals surface area contributed by atoms with Crippen LogP contribution in [0, 0.1) is 10.1 Å². The number of carbonyl (C=O) groups is 1. The van der Waals surface area contributed by atoms with E-state index in [4.69, 9.17) is 0 Å². The van der Waals surface area contributed by atoms with E-state index in [1.165, 1.54) is 31.1 Å². The number of aromatic nitrogens is 1. The molecule has 2 rings (SSSR count). The predicted molar refractivity (Wildman–Crippen MR) is 80.3 cm³/mol. The lowest BCUT2D eigenvalue weighted by molar-refractivity contribution is -0.383. The molecule has 0 saturated heterocycles. The normalized spacial score (nSPS) is 12.1. The van der Waals surface area contributed by atoms with Crippen LogP contribution in [0.25, 0.3) is 10.8 Å². The molecule has 2 aromatic rings. The number of ether oxygens (including phenoxy) is 1. The fourth-order valence-electron chi connectivity index (χ4n) is 1.99. The second kappa shape index (κ2) is 6.53. The number of hydrogen-bond donors (Lipinski definition) is 0. The molecule has 0 spiro atoms. The molecule has 1 atom stereocenters. The molecule has 0 aliphatic rings. The highest BCUT2D eigenvalue weighted by Gasteiger charge is 2.17. The maximum absolute atomic E-state index is 11.3. The smallest absolute Gasteiger partial charge is 0.306 e. The lowest BCUT2D eigenvalue weighted by Gasteiger charge is -2.11. The van der Waals surface area contributed by atoms with E-state index in [0.717, 1.165) is 4.90 Å². The van der Waals surface area contributed by atoms with Crippen LogP contribution in [0.5, 0.6) is 0 Å². The van der Waals surface area contributed by atoms with Gasteiger partial charge in [0.05, 0.1) is 23.8 Å². The Morgan fingerprint density at radius 3 is 2.86 bits per heavy atom. The Hall–Kier alpha value is -2.15. The highest BCUT2D eigenvalue weighted by molar-refractivity contribution is 8.00. The van der Waals surface area contributed by atoms with Crippen molar-refractivity contribution in [2.75, 3.05) is 7.11 Å². The Labute approximate surface area is 125 Å². The van der Waals surface area contributed by atoms with Crippen molar-refractivity contribution in [2.45, 2.75) is 23.5 Å². The molecule has 1 aromatic carbocycles. The van der Waals surface area contributed by atoms with Crippen molar-refractivity contribution in [3.8, 4) is 0 Å². The molecule has 0 fully saturated rings. The Kier molecular flexibility index (Phi) is 4.74. The number of fused-ring (bicyclic) bond motifs is 1. The number of nitrogens with zero attached hydrogens (tertiary/aromatic N) is 2. The van der Waals surface area contributed by atoms with E-state index in [2.05, 4.69) is 9.72 Å². The van der Waals surface area contributed by atoms with Gasteiger partial charge >= 0.3 is 5.97 Å². The highest BCUT2D eigenvalue weighted by Crippen LogP contribution is 2.35. The van der Waals surface area contributed by atoms with E-state index >= 15 is 0 Å². The van der Waals surface area contributed by atoms with Gasteiger partial charge in [-0.25, -0.2) is 0 Å². The first-order chi connectivity index (χ1) is 10.0. The van der Waals surface area contributed by atoms with Crippen LogP contribution in [0.15, 0.2) is 35.5 Å². The molecule has 0 N–H and O–H groups in total. The zero-order valence-electron chi connectivity index (χ0n) is 11.6. The second-order valence-corrected chi connectivity index (χ2v) is 5.95. The van der Waals surface area contributed by atoms with Crippen LogP contribution in [0.2, 0.25) is 0 Å². The van der Waals surface area contributed by atoms with Gasteiger partial charge < -0.3 is 4.74 Å². The molecule has 0 aliphatic carbocycles. The van der Waals surface area contributed by atoms with Crippen molar-refractivity contribution >= 4 is 34.2 Å². The quantitative estimate of drug-likeness (QED) is 0.365. The summed E-state index contributed by atoms with van der Waals surface area (Å²) in [4.78, 5) is 26.8. The summed E-state index contributed by atoms with van der Waals surface area (Å²) in [6, 6.07) is 4.80. The maximum atomic E-state index is 11.3. The molecule has 1 aromatic heterocycles. The van der Waals surface area contributed by atoms with E-state index in [0.29, 0.717) is 10.8 Å². The molecule has 7 heteroatoms. The summed E-state index contributed by atoms with van der Waals surface area (Å²) < 4.78 is 4.64. The maximum Gasteiger partial charge on any atom is 0.306 e.